The number of benzene rings is 1. The van der Waals surface area contributed by atoms with Crippen LogP contribution in [0.1, 0.15) is 29.1 Å². The highest BCUT2D eigenvalue weighted by molar-refractivity contribution is 7.21. The summed E-state index contributed by atoms with van der Waals surface area (Å²) in [6, 6.07) is 3.77. The molecule has 2 N–H and O–H groups in total. The summed E-state index contributed by atoms with van der Waals surface area (Å²) in [6.07, 6.45) is 3.04. The second-order valence-corrected chi connectivity index (χ2v) is 10.8. The summed E-state index contributed by atoms with van der Waals surface area (Å²) in [5.74, 6) is 0.171. The van der Waals surface area contributed by atoms with Gasteiger partial charge in [0, 0.05) is 29.4 Å². The summed E-state index contributed by atoms with van der Waals surface area (Å²) in [7, 11) is 0. The smallest absolute Gasteiger partial charge is 0.263 e. The first-order valence-electron chi connectivity index (χ1n) is 11.6. The van der Waals surface area contributed by atoms with Gasteiger partial charge in [-0.25, -0.2) is 15.0 Å². The summed E-state index contributed by atoms with van der Waals surface area (Å²) >= 11 is 7.46. The van der Waals surface area contributed by atoms with Crippen molar-refractivity contribution >= 4 is 61.6 Å². The third-order valence-corrected chi connectivity index (χ3v) is 7.48. The molecule has 0 radical (unpaired) electrons. The number of aromatic nitrogens is 4. The van der Waals surface area contributed by atoms with Gasteiger partial charge in [-0.15, -0.1) is 11.3 Å². The molecule has 0 saturated carbocycles. The van der Waals surface area contributed by atoms with Crippen molar-refractivity contribution in [1.29, 1.82) is 0 Å². The monoisotopic (exact) mass is 539 g/mol. The van der Waals surface area contributed by atoms with Gasteiger partial charge < -0.3 is 25.0 Å². The number of fused-ring (bicyclic) bond motifs is 5. The zero-order valence-corrected chi connectivity index (χ0v) is 21.6. The van der Waals surface area contributed by atoms with Crippen LogP contribution in [0, 0.1) is 0 Å². The van der Waals surface area contributed by atoms with Crippen molar-refractivity contribution in [3.05, 3.63) is 40.3 Å². The van der Waals surface area contributed by atoms with Crippen LogP contribution in [0.4, 0.5) is 5.69 Å². The topological polar surface area (TPSA) is 131 Å². The lowest BCUT2D eigenvalue weighted by atomic mass is 10.1. The minimum atomic E-state index is -0.387. The minimum absolute atomic E-state index is 0.00996. The van der Waals surface area contributed by atoms with E-state index < -0.39 is 0 Å². The lowest BCUT2D eigenvalue weighted by molar-refractivity contribution is -0.143. The molecule has 0 unspecified atom stereocenters. The number of hydrogen-bond acceptors (Lipinski definition) is 10. The number of morpholine rings is 1. The normalized spacial score (nSPS) is 17.3. The van der Waals surface area contributed by atoms with Crippen LogP contribution in [0.2, 0.25) is 5.28 Å². The number of amides is 2. The molecule has 0 spiro atoms. The molecule has 5 heterocycles. The Morgan fingerprint density at radius 2 is 2.08 bits per heavy atom. The second-order valence-electron chi connectivity index (χ2n) is 9.45. The van der Waals surface area contributed by atoms with Crippen molar-refractivity contribution in [1.82, 2.24) is 30.2 Å². The molecule has 190 valence electrons. The van der Waals surface area contributed by atoms with Gasteiger partial charge in [0.2, 0.25) is 23.0 Å². The fraction of sp³-hybridized carbons (Fsp3) is 0.333. The maximum Gasteiger partial charge on any atom is 0.263 e. The summed E-state index contributed by atoms with van der Waals surface area (Å²) in [5, 5.41) is 7.35. The Labute approximate surface area is 220 Å². The largest absolute Gasteiger partial charge is 0.418 e. The highest BCUT2D eigenvalue weighted by atomic mass is 35.5. The standard InChI is InChI=1S/C24H22ClN7O4S/c1-24(2)11-28-19-17-14(37-20(19)21(34)31-24)4-3-13-18(17)26-8-15(29-13)36-22-12(7-27-23(25)30-22)9-32-5-6-35-10-16(32)33/h3-4,7-8,28H,5-6,9-11H2,1-2H3,(H,31,34). The molecule has 1 aromatic carbocycles. The molecule has 11 nitrogen and oxygen atoms in total. The first-order chi connectivity index (χ1) is 17.8. The molecule has 2 amide bonds. The number of nitrogens with one attached hydrogen (secondary N) is 2. The van der Waals surface area contributed by atoms with Crippen LogP contribution in [-0.4, -0.2) is 68.5 Å². The van der Waals surface area contributed by atoms with Gasteiger partial charge in [-0.1, -0.05) is 0 Å². The van der Waals surface area contributed by atoms with Gasteiger partial charge in [-0.3, -0.25) is 9.59 Å². The van der Waals surface area contributed by atoms with Crippen molar-refractivity contribution in [3.8, 4) is 11.8 Å². The van der Waals surface area contributed by atoms with Crippen LogP contribution >= 0.6 is 22.9 Å². The van der Waals surface area contributed by atoms with E-state index in [1.165, 1.54) is 23.7 Å². The fourth-order valence-electron chi connectivity index (χ4n) is 4.34. The van der Waals surface area contributed by atoms with Crippen molar-refractivity contribution < 1.29 is 19.1 Å². The number of hydrogen-bond donors (Lipinski definition) is 2. The molecule has 2 aliphatic rings. The molecule has 0 aliphatic carbocycles. The second kappa shape index (κ2) is 9.05. The average Bonchev–Trinajstić information content (AvgIpc) is 3.20. The first-order valence-corrected chi connectivity index (χ1v) is 12.8. The molecule has 2 aliphatic heterocycles. The molecule has 37 heavy (non-hydrogen) atoms. The van der Waals surface area contributed by atoms with E-state index in [2.05, 4.69) is 30.6 Å². The van der Waals surface area contributed by atoms with E-state index in [1.807, 2.05) is 26.0 Å². The van der Waals surface area contributed by atoms with Crippen molar-refractivity contribution in [2.75, 3.05) is 31.6 Å². The molecular weight excluding hydrogens is 518 g/mol. The van der Waals surface area contributed by atoms with E-state index in [0.29, 0.717) is 41.2 Å². The molecular formula is C24H22ClN7O4S. The highest BCUT2D eigenvalue weighted by Gasteiger charge is 2.30. The zero-order valence-electron chi connectivity index (χ0n) is 20.0. The summed E-state index contributed by atoms with van der Waals surface area (Å²) in [4.78, 5) is 44.9. The Morgan fingerprint density at radius 1 is 1.22 bits per heavy atom. The third kappa shape index (κ3) is 4.52. The number of thiophene rings is 1. The van der Waals surface area contributed by atoms with Gasteiger partial charge in [0.25, 0.3) is 5.91 Å². The number of carbonyl (C=O) groups is 2. The molecule has 3 aromatic heterocycles. The summed E-state index contributed by atoms with van der Waals surface area (Å²) < 4.78 is 12.1. The third-order valence-electron chi connectivity index (χ3n) is 6.15. The van der Waals surface area contributed by atoms with Gasteiger partial charge in [-0.05, 0) is 37.6 Å². The predicted octanol–water partition coefficient (Wildman–Crippen LogP) is 3.37. The Hall–Kier alpha value is -3.61. The van der Waals surface area contributed by atoms with E-state index in [4.69, 9.17) is 21.1 Å². The molecule has 13 heteroatoms. The number of ether oxygens (including phenoxy) is 2. The van der Waals surface area contributed by atoms with Gasteiger partial charge in [0.15, 0.2) is 0 Å². The van der Waals surface area contributed by atoms with E-state index in [1.54, 1.807) is 4.90 Å². The lowest BCUT2D eigenvalue weighted by Gasteiger charge is -2.27. The SMILES string of the molecule is CC1(C)CNc2c(sc3ccc4nc(Oc5nc(Cl)ncc5CN5CCOCC5=O)cnc4c23)C(=O)N1. The van der Waals surface area contributed by atoms with E-state index in [9.17, 15) is 9.59 Å². The van der Waals surface area contributed by atoms with Gasteiger partial charge in [-0.2, -0.15) is 4.98 Å². The predicted molar refractivity (Wildman–Crippen MR) is 138 cm³/mol. The quantitative estimate of drug-likeness (QED) is 0.374. The number of nitrogens with zero attached hydrogens (tertiary/aromatic N) is 5. The Kier molecular flexibility index (Phi) is 5.81. The van der Waals surface area contributed by atoms with Gasteiger partial charge in [0.05, 0.1) is 47.2 Å². The fourth-order valence-corrected chi connectivity index (χ4v) is 5.54. The molecule has 4 aromatic rings. The Morgan fingerprint density at radius 3 is 2.92 bits per heavy atom. The van der Waals surface area contributed by atoms with Crippen molar-refractivity contribution in [3.63, 3.8) is 0 Å². The average molecular weight is 540 g/mol. The van der Waals surface area contributed by atoms with Crippen LogP contribution < -0.4 is 15.4 Å². The lowest BCUT2D eigenvalue weighted by Crippen LogP contribution is -2.46. The number of anilines is 1. The molecule has 0 atom stereocenters. The van der Waals surface area contributed by atoms with Crippen LogP contribution in [-0.2, 0) is 16.1 Å². The number of carbonyl (C=O) groups excluding carboxylic acids is 2. The van der Waals surface area contributed by atoms with Crippen LogP contribution in [0.15, 0.2) is 24.5 Å². The van der Waals surface area contributed by atoms with Crippen LogP contribution in [0.5, 0.6) is 11.8 Å². The summed E-state index contributed by atoms with van der Waals surface area (Å²) in [5.41, 5.74) is 2.21. The highest BCUT2D eigenvalue weighted by Crippen LogP contribution is 2.41. The number of halogens is 1. The minimum Gasteiger partial charge on any atom is -0.418 e. The Balaban J connectivity index is 1.35. The van der Waals surface area contributed by atoms with E-state index in [0.717, 1.165) is 15.8 Å². The Bertz CT molecular complexity index is 1570. The summed E-state index contributed by atoms with van der Waals surface area (Å²) in [6.45, 7) is 5.73. The zero-order chi connectivity index (χ0) is 25.7. The van der Waals surface area contributed by atoms with Gasteiger partial charge in [0.1, 0.15) is 11.5 Å². The molecule has 0 bridgehead atoms. The maximum atomic E-state index is 12.9. The van der Waals surface area contributed by atoms with Gasteiger partial charge >= 0.3 is 0 Å². The van der Waals surface area contributed by atoms with Crippen molar-refractivity contribution in [2.45, 2.75) is 25.9 Å². The molecule has 6 rings (SSSR count). The van der Waals surface area contributed by atoms with Crippen molar-refractivity contribution in [2.24, 2.45) is 0 Å². The maximum absolute atomic E-state index is 12.9. The van der Waals surface area contributed by atoms with E-state index in [-0.39, 0.29) is 47.5 Å². The number of rotatable bonds is 4. The molecule has 1 fully saturated rings. The van der Waals surface area contributed by atoms with Crippen LogP contribution in [0.3, 0.4) is 0 Å². The molecule has 1 saturated heterocycles. The van der Waals surface area contributed by atoms with Crippen LogP contribution in [0.25, 0.3) is 21.1 Å². The first kappa shape index (κ1) is 23.8. The van der Waals surface area contributed by atoms with E-state index >= 15 is 0 Å².